The zero-order valence-corrected chi connectivity index (χ0v) is 16.2. The van der Waals surface area contributed by atoms with Crippen molar-refractivity contribution in [2.45, 2.75) is 19.8 Å². The molecule has 8 heteroatoms. The van der Waals surface area contributed by atoms with Crippen molar-refractivity contribution in [2.75, 3.05) is 18.5 Å². The fourth-order valence-corrected chi connectivity index (χ4v) is 3.57. The number of halogens is 1. The van der Waals surface area contributed by atoms with Gasteiger partial charge in [-0.25, -0.2) is 4.98 Å². The van der Waals surface area contributed by atoms with E-state index in [1.54, 1.807) is 19.1 Å². The van der Waals surface area contributed by atoms with Gasteiger partial charge in [0, 0.05) is 18.6 Å². The lowest BCUT2D eigenvalue weighted by atomic mass is 10.2. The van der Waals surface area contributed by atoms with Gasteiger partial charge in [0.1, 0.15) is 5.76 Å². The Morgan fingerprint density at radius 3 is 2.81 bits per heavy atom. The van der Waals surface area contributed by atoms with E-state index < -0.39 is 0 Å². The van der Waals surface area contributed by atoms with Gasteiger partial charge in [0.05, 0.1) is 40.9 Å². The maximum absolute atomic E-state index is 12.5. The number of carbonyl (C=O) groups is 1. The van der Waals surface area contributed by atoms with E-state index in [1.165, 1.54) is 11.3 Å². The molecule has 1 aromatic carbocycles. The fraction of sp³-hybridized carbons (Fsp3) is 0.263. The van der Waals surface area contributed by atoms with Crippen LogP contribution < -0.4 is 14.8 Å². The van der Waals surface area contributed by atoms with Crippen LogP contribution in [-0.4, -0.2) is 24.1 Å². The molecule has 0 unspecified atom stereocenters. The summed E-state index contributed by atoms with van der Waals surface area (Å²) in [5.74, 6) is 2.07. The molecule has 3 heterocycles. The minimum atomic E-state index is -0.236. The zero-order chi connectivity index (χ0) is 18.8. The number of fused-ring (bicyclic) bond motifs is 1. The molecule has 140 valence electrons. The maximum Gasteiger partial charge on any atom is 0.236 e. The van der Waals surface area contributed by atoms with Crippen molar-refractivity contribution >= 4 is 34.5 Å². The maximum atomic E-state index is 12.5. The molecule has 0 bridgehead atoms. The van der Waals surface area contributed by atoms with Crippen molar-refractivity contribution in [3.63, 3.8) is 0 Å². The molecule has 6 nitrogen and oxygen atoms in total. The number of carbonyl (C=O) groups excluding carboxylic acids is 1. The lowest BCUT2D eigenvalue weighted by Crippen LogP contribution is -2.15. The summed E-state index contributed by atoms with van der Waals surface area (Å²) in [6, 6.07) is 7.21. The van der Waals surface area contributed by atoms with Crippen LogP contribution >= 0.6 is 22.9 Å². The summed E-state index contributed by atoms with van der Waals surface area (Å²) in [5.41, 5.74) is 1.08. The van der Waals surface area contributed by atoms with Crippen molar-refractivity contribution in [1.82, 2.24) is 4.98 Å². The van der Waals surface area contributed by atoms with Crippen LogP contribution in [0.25, 0.3) is 10.8 Å². The number of nitrogens with one attached hydrogen (secondary N) is 1. The number of aryl methyl sites for hydroxylation is 1. The molecule has 27 heavy (non-hydrogen) atoms. The third kappa shape index (κ3) is 3.94. The largest absolute Gasteiger partial charge is 0.490 e. The van der Waals surface area contributed by atoms with Gasteiger partial charge in [0.2, 0.25) is 11.8 Å². The highest BCUT2D eigenvalue weighted by Gasteiger charge is 2.18. The van der Waals surface area contributed by atoms with Gasteiger partial charge >= 0.3 is 0 Å². The molecule has 0 spiro atoms. The van der Waals surface area contributed by atoms with Crippen LogP contribution in [0.3, 0.4) is 0 Å². The van der Waals surface area contributed by atoms with Crippen molar-refractivity contribution < 1.29 is 18.7 Å². The monoisotopic (exact) mass is 404 g/mol. The van der Waals surface area contributed by atoms with Crippen LogP contribution in [0.5, 0.6) is 11.5 Å². The van der Waals surface area contributed by atoms with Gasteiger partial charge in [-0.15, -0.1) is 11.3 Å². The number of anilines is 1. The second-order valence-electron chi connectivity index (χ2n) is 6.05. The summed E-state index contributed by atoms with van der Waals surface area (Å²) in [6.45, 7) is 2.94. The number of hydrogen-bond donors (Lipinski definition) is 1. The van der Waals surface area contributed by atoms with Crippen molar-refractivity contribution in [2.24, 2.45) is 0 Å². The van der Waals surface area contributed by atoms with Crippen LogP contribution in [0.2, 0.25) is 5.02 Å². The molecule has 0 fully saturated rings. The molecular weight excluding hydrogens is 388 g/mol. The summed E-state index contributed by atoms with van der Waals surface area (Å²) >= 11 is 7.82. The van der Waals surface area contributed by atoms with E-state index in [2.05, 4.69) is 10.3 Å². The third-order valence-electron chi connectivity index (χ3n) is 4.06. The zero-order valence-electron chi connectivity index (χ0n) is 14.6. The molecule has 0 aliphatic carbocycles. The molecule has 1 N–H and O–H groups in total. The van der Waals surface area contributed by atoms with Crippen LogP contribution in [0.15, 0.2) is 34.1 Å². The lowest BCUT2D eigenvalue weighted by Gasteiger charge is -2.12. The van der Waals surface area contributed by atoms with Crippen LogP contribution in [-0.2, 0) is 11.2 Å². The molecule has 1 aliphatic rings. The average molecular weight is 405 g/mol. The molecule has 0 atom stereocenters. The predicted octanol–water partition coefficient (Wildman–Crippen LogP) is 4.71. The van der Waals surface area contributed by atoms with E-state index in [0.29, 0.717) is 52.8 Å². The smallest absolute Gasteiger partial charge is 0.236 e. The van der Waals surface area contributed by atoms with E-state index in [1.807, 2.05) is 17.5 Å². The molecule has 0 radical (unpaired) electrons. The quantitative estimate of drug-likeness (QED) is 0.681. The Morgan fingerprint density at radius 2 is 2.07 bits per heavy atom. The van der Waals surface area contributed by atoms with Gasteiger partial charge in [-0.3, -0.25) is 4.79 Å². The molecule has 2 aromatic heterocycles. The van der Waals surface area contributed by atoms with Crippen LogP contribution in [0.4, 0.5) is 5.69 Å². The molecule has 4 rings (SSSR count). The summed E-state index contributed by atoms with van der Waals surface area (Å²) in [6.07, 6.45) is 0.886. The first-order valence-corrected chi connectivity index (χ1v) is 9.75. The summed E-state index contributed by atoms with van der Waals surface area (Å²) in [5, 5.41) is 5.16. The SMILES string of the molecule is Cc1oc(-c2cccs2)nc1CC(=O)Nc1cc2c(cc1Cl)OCCCO2. The Kier molecular flexibility index (Phi) is 5.05. The van der Waals surface area contributed by atoms with Crippen molar-refractivity contribution in [1.29, 1.82) is 0 Å². The van der Waals surface area contributed by atoms with E-state index in [-0.39, 0.29) is 12.3 Å². The van der Waals surface area contributed by atoms with Gasteiger partial charge in [-0.2, -0.15) is 0 Å². The van der Waals surface area contributed by atoms with Crippen LogP contribution in [0.1, 0.15) is 17.9 Å². The molecule has 3 aromatic rings. The number of nitrogens with zero attached hydrogens (tertiary/aromatic N) is 1. The second-order valence-corrected chi connectivity index (χ2v) is 7.41. The molecule has 1 aliphatic heterocycles. The first-order valence-electron chi connectivity index (χ1n) is 8.49. The highest BCUT2D eigenvalue weighted by molar-refractivity contribution is 7.13. The third-order valence-corrected chi connectivity index (χ3v) is 5.23. The Balaban J connectivity index is 1.49. The number of ether oxygens (including phenoxy) is 2. The lowest BCUT2D eigenvalue weighted by molar-refractivity contribution is -0.115. The molecular formula is C19H17ClN2O4S. The normalized spacial score (nSPS) is 13.3. The van der Waals surface area contributed by atoms with Gasteiger partial charge in [-0.05, 0) is 18.4 Å². The van der Waals surface area contributed by atoms with E-state index in [9.17, 15) is 4.79 Å². The van der Waals surface area contributed by atoms with E-state index in [4.69, 9.17) is 25.5 Å². The summed E-state index contributed by atoms with van der Waals surface area (Å²) in [4.78, 5) is 17.9. The molecule has 1 amide bonds. The Bertz CT molecular complexity index is 969. The number of hydrogen-bond acceptors (Lipinski definition) is 6. The minimum absolute atomic E-state index is 0.0888. The van der Waals surface area contributed by atoms with E-state index >= 15 is 0 Å². The fourth-order valence-electron chi connectivity index (χ4n) is 2.72. The summed E-state index contributed by atoms with van der Waals surface area (Å²) < 4.78 is 16.9. The van der Waals surface area contributed by atoms with E-state index in [0.717, 1.165) is 11.3 Å². The first-order chi connectivity index (χ1) is 13.1. The standard InChI is InChI=1S/C19H17ClN2O4S/c1-11-13(22-19(26-11)17-4-2-7-27-17)10-18(23)21-14-9-16-15(8-12(14)20)24-5-3-6-25-16/h2,4,7-9H,3,5-6,10H2,1H3,(H,21,23). The number of amides is 1. The average Bonchev–Trinajstić information content (AvgIpc) is 3.22. The van der Waals surface area contributed by atoms with Gasteiger partial charge in [0.25, 0.3) is 0 Å². The van der Waals surface area contributed by atoms with Crippen molar-refractivity contribution in [3.8, 4) is 22.3 Å². The number of oxazole rings is 1. The van der Waals surface area contributed by atoms with Crippen molar-refractivity contribution in [3.05, 3.63) is 46.1 Å². The summed E-state index contributed by atoms with van der Waals surface area (Å²) in [7, 11) is 0. The Labute approximate surface area is 165 Å². The first kappa shape index (κ1) is 17.9. The van der Waals surface area contributed by atoms with Gasteiger partial charge in [0.15, 0.2) is 11.5 Å². The van der Waals surface area contributed by atoms with Crippen LogP contribution in [0, 0.1) is 6.92 Å². The molecule has 0 saturated heterocycles. The number of benzene rings is 1. The highest BCUT2D eigenvalue weighted by Crippen LogP contribution is 2.37. The number of thiophene rings is 1. The molecule has 0 saturated carbocycles. The number of aromatic nitrogens is 1. The predicted molar refractivity (Wildman–Crippen MR) is 104 cm³/mol. The van der Waals surface area contributed by atoms with Gasteiger partial charge in [-0.1, -0.05) is 17.7 Å². The van der Waals surface area contributed by atoms with Gasteiger partial charge < -0.3 is 19.2 Å². The Hall–Kier alpha value is -2.51. The highest BCUT2D eigenvalue weighted by atomic mass is 35.5. The Morgan fingerprint density at radius 1 is 1.30 bits per heavy atom. The topological polar surface area (TPSA) is 73.6 Å². The second kappa shape index (κ2) is 7.62. The number of rotatable bonds is 4. The minimum Gasteiger partial charge on any atom is -0.490 e.